The number of aliphatic imine (C=N–C) groups is 1. The van der Waals surface area contributed by atoms with E-state index in [1.54, 1.807) is 42.3 Å². The van der Waals surface area contributed by atoms with Gasteiger partial charge in [-0.15, -0.1) is 0 Å². The molecule has 220 valence electrons. The molecular weight excluding hydrogens is 557 g/mol. The molecule has 0 aliphatic carbocycles. The molecule has 1 aliphatic rings. The van der Waals surface area contributed by atoms with Gasteiger partial charge in [0.05, 0.1) is 28.6 Å². The van der Waals surface area contributed by atoms with Crippen LogP contribution in [0.1, 0.15) is 43.4 Å². The van der Waals surface area contributed by atoms with Gasteiger partial charge in [-0.25, -0.2) is 9.37 Å². The molecule has 0 saturated carbocycles. The van der Waals surface area contributed by atoms with Gasteiger partial charge in [-0.2, -0.15) is 0 Å². The van der Waals surface area contributed by atoms with Crippen LogP contribution in [-0.2, 0) is 16.2 Å². The van der Waals surface area contributed by atoms with Gasteiger partial charge in [-0.1, -0.05) is 62.4 Å². The van der Waals surface area contributed by atoms with Gasteiger partial charge in [0.15, 0.2) is 5.82 Å². The fraction of sp³-hybridized carbons (Fsp3) is 0.312. The van der Waals surface area contributed by atoms with E-state index in [4.69, 9.17) is 16.6 Å². The van der Waals surface area contributed by atoms with Crippen molar-refractivity contribution in [1.29, 1.82) is 0 Å². The minimum absolute atomic E-state index is 0.00514. The molecule has 1 aromatic heterocycles. The highest BCUT2D eigenvalue weighted by Crippen LogP contribution is 2.40. The Kier molecular flexibility index (Phi) is 9.75. The average Bonchev–Trinajstić information content (AvgIpc) is 2.99. The smallest absolute Gasteiger partial charge is 0.246 e. The summed E-state index contributed by atoms with van der Waals surface area (Å²) in [6.45, 7) is 10.6. The molecular formula is C32H35ClFN5O3. The third kappa shape index (κ3) is 5.93. The number of amidine groups is 1. The van der Waals surface area contributed by atoms with Crippen LogP contribution in [0.25, 0.3) is 11.3 Å². The zero-order valence-electron chi connectivity index (χ0n) is 24.2. The molecule has 3 aromatic rings. The number of nitrogens with zero attached hydrogens (tertiary/aromatic N) is 5. The molecule has 2 aromatic carbocycles. The Hall–Kier alpha value is -4.08. The lowest BCUT2D eigenvalue weighted by atomic mass is 9.96. The van der Waals surface area contributed by atoms with Gasteiger partial charge in [0.1, 0.15) is 11.7 Å². The van der Waals surface area contributed by atoms with E-state index in [0.29, 0.717) is 48.7 Å². The first-order valence-electron chi connectivity index (χ1n) is 13.7. The molecule has 1 unspecified atom stereocenters. The number of rotatable bonds is 8. The molecule has 1 saturated heterocycles. The Balaban J connectivity index is 1.97. The van der Waals surface area contributed by atoms with Crippen LogP contribution in [0, 0.1) is 5.82 Å². The molecule has 2 heterocycles. The van der Waals surface area contributed by atoms with Crippen LogP contribution in [0.5, 0.6) is 0 Å². The van der Waals surface area contributed by atoms with E-state index in [1.165, 1.54) is 17.0 Å². The zero-order valence-corrected chi connectivity index (χ0v) is 25.0. The van der Waals surface area contributed by atoms with Crippen molar-refractivity contribution in [2.45, 2.75) is 39.3 Å². The van der Waals surface area contributed by atoms with Crippen molar-refractivity contribution < 1.29 is 19.1 Å². The van der Waals surface area contributed by atoms with E-state index in [-0.39, 0.29) is 46.6 Å². The Morgan fingerprint density at radius 1 is 1.26 bits per heavy atom. The Labute approximate surface area is 250 Å². The SMILES string of the molecule is C=CC(=O)N1CCN(/C(=N/C)c2cc(Cl)c(-c3ccccc3F)nc2N(C=O)c2c(CO)cccc2C(C)C)C(C)C1. The number of hydrogen-bond acceptors (Lipinski definition) is 5. The van der Waals surface area contributed by atoms with Crippen LogP contribution in [0.15, 0.2) is 66.2 Å². The van der Waals surface area contributed by atoms with Gasteiger partial charge in [0.2, 0.25) is 12.3 Å². The fourth-order valence-electron chi connectivity index (χ4n) is 5.38. The van der Waals surface area contributed by atoms with E-state index >= 15 is 0 Å². The highest BCUT2D eigenvalue weighted by atomic mass is 35.5. The second-order valence-corrected chi connectivity index (χ2v) is 10.8. The largest absolute Gasteiger partial charge is 0.392 e. The number of aliphatic hydroxyl groups excluding tert-OH is 1. The van der Waals surface area contributed by atoms with Crippen molar-refractivity contribution in [2.24, 2.45) is 4.99 Å². The van der Waals surface area contributed by atoms with Crippen LogP contribution in [0.2, 0.25) is 5.02 Å². The standard InChI is InChI=1S/C32H35ClFN5O3/c1-6-28(42)37-14-15-38(21(4)17-37)31(35-5)25-16-26(33)29(24-11-7-8-13-27(24)34)36-32(25)39(19-41)30-22(18-40)10-9-12-23(30)20(2)3/h6-13,16,19-21,40H,1,14-15,17-18H2,2-5H3/b35-31+. The summed E-state index contributed by atoms with van der Waals surface area (Å²) in [5.74, 6) is 0.0449. The number of carbonyl (C=O) groups excluding carboxylic acids is 2. The van der Waals surface area contributed by atoms with Crippen LogP contribution in [0.4, 0.5) is 15.9 Å². The molecule has 4 rings (SSSR count). The molecule has 1 fully saturated rings. The summed E-state index contributed by atoms with van der Waals surface area (Å²) < 4.78 is 15.0. The summed E-state index contributed by atoms with van der Waals surface area (Å²) in [6, 6.07) is 13.1. The maximum atomic E-state index is 15.0. The topological polar surface area (TPSA) is 89.3 Å². The monoisotopic (exact) mass is 591 g/mol. The van der Waals surface area contributed by atoms with Crippen LogP contribution in [-0.4, -0.2) is 70.8 Å². The van der Waals surface area contributed by atoms with Gasteiger partial charge < -0.3 is 14.9 Å². The summed E-state index contributed by atoms with van der Waals surface area (Å²) in [6.07, 6.45) is 1.94. The number of aliphatic hydroxyl groups is 1. The lowest BCUT2D eigenvalue weighted by molar-refractivity contribution is -0.128. The predicted molar refractivity (Wildman–Crippen MR) is 165 cm³/mol. The van der Waals surface area contributed by atoms with Crippen LogP contribution >= 0.6 is 11.6 Å². The molecule has 0 radical (unpaired) electrons. The molecule has 10 heteroatoms. The number of pyridine rings is 1. The first-order valence-corrected chi connectivity index (χ1v) is 14.1. The van der Waals surface area contributed by atoms with E-state index < -0.39 is 5.82 Å². The first-order chi connectivity index (χ1) is 20.2. The maximum absolute atomic E-state index is 15.0. The molecule has 0 spiro atoms. The summed E-state index contributed by atoms with van der Waals surface area (Å²) in [7, 11) is 1.64. The third-order valence-corrected chi connectivity index (χ3v) is 7.73. The van der Waals surface area contributed by atoms with Crippen molar-refractivity contribution >= 4 is 41.3 Å². The number of halogens is 2. The lowest BCUT2D eigenvalue weighted by Crippen LogP contribution is -2.55. The van der Waals surface area contributed by atoms with Gasteiger partial charge in [0, 0.05) is 43.9 Å². The summed E-state index contributed by atoms with van der Waals surface area (Å²) in [5, 5.41) is 10.5. The van der Waals surface area contributed by atoms with Crippen molar-refractivity contribution in [3.8, 4) is 11.3 Å². The predicted octanol–water partition coefficient (Wildman–Crippen LogP) is 5.55. The highest BCUT2D eigenvalue weighted by molar-refractivity contribution is 6.33. The van der Waals surface area contributed by atoms with Gasteiger partial charge in [-0.05, 0) is 42.7 Å². The highest BCUT2D eigenvalue weighted by Gasteiger charge is 2.32. The number of hydrogen-bond donors (Lipinski definition) is 1. The number of amides is 2. The quantitative estimate of drug-likeness (QED) is 0.161. The number of aromatic nitrogens is 1. The fourth-order valence-corrected chi connectivity index (χ4v) is 5.63. The minimum Gasteiger partial charge on any atom is -0.392 e. The zero-order chi connectivity index (χ0) is 30.6. The third-order valence-electron chi connectivity index (χ3n) is 7.44. The van der Waals surface area contributed by atoms with Crippen molar-refractivity contribution in [1.82, 2.24) is 14.8 Å². The molecule has 0 bridgehead atoms. The Morgan fingerprint density at radius 2 is 2.00 bits per heavy atom. The molecule has 1 N–H and O–H groups in total. The molecule has 2 amide bonds. The van der Waals surface area contributed by atoms with E-state index in [1.807, 2.05) is 37.8 Å². The molecule has 42 heavy (non-hydrogen) atoms. The van der Waals surface area contributed by atoms with Gasteiger partial charge in [0.25, 0.3) is 0 Å². The van der Waals surface area contributed by atoms with E-state index in [0.717, 1.165) is 5.56 Å². The summed E-state index contributed by atoms with van der Waals surface area (Å²) in [5.41, 5.74) is 2.64. The number of anilines is 2. The Morgan fingerprint density at radius 3 is 2.60 bits per heavy atom. The number of carbonyl (C=O) groups is 2. The maximum Gasteiger partial charge on any atom is 0.246 e. The van der Waals surface area contributed by atoms with Crippen LogP contribution < -0.4 is 4.90 Å². The molecule has 1 atom stereocenters. The Bertz CT molecular complexity index is 1530. The normalized spacial score (nSPS) is 15.6. The molecule has 8 nitrogen and oxygen atoms in total. The van der Waals surface area contributed by atoms with Gasteiger partial charge >= 0.3 is 0 Å². The van der Waals surface area contributed by atoms with E-state index in [2.05, 4.69) is 11.6 Å². The van der Waals surface area contributed by atoms with Crippen molar-refractivity contribution in [2.75, 3.05) is 31.6 Å². The number of para-hydroxylation sites is 1. The second-order valence-electron chi connectivity index (χ2n) is 10.4. The van der Waals surface area contributed by atoms with Crippen LogP contribution in [0.3, 0.4) is 0 Å². The van der Waals surface area contributed by atoms with Crippen molar-refractivity contribution in [3.05, 3.63) is 88.7 Å². The summed E-state index contributed by atoms with van der Waals surface area (Å²) in [4.78, 5) is 39.9. The molecule has 1 aliphatic heterocycles. The minimum atomic E-state index is -0.511. The van der Waals surface area contributed by atoms with Gasteiger partial charge in [-0.3, -0.25) is 19.5 Å². The number of benzene rings is 2. The van der Waals surface area contributed by atoms with Crippen molar-refractivity contribution in [3.63, 3.8) is 0 Å². The first kappa shape index (κ1) is 30.9. The lowest BCUT2D eigenvalue weighted by Gasteiger charge is -2.41. The second kappa shape index (κ2) is 13.3. The average molecular weight is 592 g/mol. The summed E-state index contributed by atoms with van der Waals surface area (Å²) >= 11 is 6.79. The van der Waals surface area contributed by atoms with E-state index in [9.17, 15) is 19.1 Å². The number of piperazine rings is 1.